The molecule has 252 valence electrons. The van der Waals surface area contributed by atoms with Crippen molar-refractivity contribution in [2.75, 3.05) is 0 Å². The Kier molecular flexibility index (Phi) is 13.7. The van der Waals surface area contributed by atoms with Gasteiger partial charge in [-0.3, -0.25) is 19.1 Å². The summed E-state index contributed by atoms with van der Waals surface area (Å²) in [4.78, 5) is 1.35. The van der Waals surface area contributed by atoms with Gasteiger partial charge >= 0.3 is 0 Å². The molecule has 10 nitrogen and oxygen atoms in total. The summed E-state index contributed by atoms with van der Waals surface area (Å²) in [5, 5.41) is 18.8. The van der Waals surface area contributed by atoms with E-state index in [0.717, 1.165) is 34.1 Å². The molecule has 4 heterocycles. The Bertz CT molecular complexity index is 1750. The van der Waals surface area contributed by atoms with Gasteiger partial charge in [0, 0.05) is 46.1 Å². The van der Waals surface area contributed by atoms with E-state index in [0.29, 0.717) is 12.1 Å². The second-order valence-corrected chi connectivity index (χ2v) is 18.1. The molecule has 1 aromatic carbocycles. The third-order valence-corrected chi connectivity index (χ3v) is 10.8. The van der Waals surface area contributed by atoms with Gasteiger partial charge in [-0.1, -0.05) is 50.1 Å². The van der Waals surface area contributed by atoms with Crippen LogP contribution in [0.25, 0.3) is 0 Å². The van der Waals surface area contributed by atoms with Crippen molar-refractivity contribution >= 4 is 76.7 Å². The molecule has 1 N–H and O–H groups in total. The van der Waals surface area contributed by atoms with Crippen molar-refractivity contribution in [2.24, 2.45) is 5.92 Å². The molecule has 0 radical (unpaired) electrons. The first-order valence-electron chi connectivity index (χ1n) is 15.7. The zero-order valence-corrected chi connectivity index (χ0v) is 32.8. The summed E-state index contributed by atoms with van der Waals surface area (Å²) < 4.78 is 29.8. The van der Waals surface area contributed by atoms with Crippen molar-refractivity contribution in [1.29, 1.82) is 0 Å². The third kappa shape index (κ3) is 13.9. The third-order valence-electron chi connectivity index (χ3n) is 7.35. The molecule has 4 saturated carbocycles. The lowest BCUT2D eigenvalue weighted by molar-refractivity contribution is 0.608. The number of hydrogen-bond acceptors (Lipinski definition) is 7. The van der Waals surface area contributed by atoms with E-state index in [1.54, 1.807) is 10.9 Å². The Labute approximate surface area is 312 Å². The normalized spacial score (nSPS) is 16.7. The van der Waals surface area contributed by atoms with E-state index in [2.05, 4.69) is 130 Å². The first-order chi connectivity index (χ1) is 22.6. The maximum atomic E-state index is 10.8. The minimum atomic E-state index is -3.60. The summed E-state index contributed by atoms with van der Waals surface area (Å²) in [5.41, 5.74) is 1.37. The molecule has 9 rings (SSSR count). The minimum absolute atomic E-state index is 0.0797. The Morgan fingerprint density at radius 1 is 0.787 bits per heavy atom. The summed E-state index contributed by atoms with van der Waals surface area (Å²) in [5.74, 6) is 2.11. The van der Waals surface area contributed by atoms with E-state index in [4.69, 9.17) is 10.7 Å². The maximum Gasteiger partial charge on any atom is 0.264 e. The van der Waals surface area contributed by atoms with Crippen LogP contribution in [0.15, 0.2) is 89.7 Å². The lowest BCUT2D eigenvalue weighted by atomic mass is 10.2. The first-order valence-corrected chi connectivity index (χ1v) is 21.1. The van der Waals surface area contributed by atoms with Gasteiger partial charge in [0.1, 0.15) is 4.90 Å². The topological polar surface area (TPSA) is 116 Å². The number of halogens is 3. The molecule has 0 atom stereocenters. The predicted molar refractivity (Wildman–Crippen MR) is 203 cm³/mol. The Hall–Kier alpha value is -1.89. The van der Waals surface area contributed by atoms with E-state index < -0.39 is 9.05 Å². The molecule has 4 fully saturated rings. The minimum Gasteiger partial charge on any atom is -0.285 e. The molecule has 0 bridgehead atoms. The van der Waals surface area contributed by atoms with Crippen LogP contribution in [0.1, 0.15) is 82.0 Å². The highest BCUT2D eigenvalue weighted by Crippen LogP contribution is 2.36. The second-order valence-electron chi connectivity index (χ2n) is 12.0. The fourth-order valence-corrected chi connectivity index (χ4v) is 6.08. The number of thioether (sulfide) groups is 1. The monoisotopic (exact) mass is 920 g/mol. The van der Waals surface area contributed by atoms with Crippen molar-refractivity contribution < 1.29 is 8.42 Å². The van der Waals surface area contributed by atoms with Gasteiger partial charge in [0.05, 0.1) is 50.1 Å². The molecular formula is C32H39ClI2N8O2S2. The zero-order valence-electron chi connectivity index (χ0n) is 26.1. The molecule has 4 aliphatic rings. The molecular weight excluding hydrogens is 882 g/mol. The lowest BCUT2D eigenvalue weighted by Gasteiger charge is -1.98. The van der Waals surface area contributed by atoms with Crippen molar-refractivity contribution in [2.45, 2.75) is 92.0 Å². The van der Waals surface area contributed by atoms with Crippen LogP contribution < -0.4 is 0 Å². The van der Waals surface area contributed by atoms with Gasteiger partial charge in [-0.2, -0.15) is 20.4 Å². The van der Waals surface area contributed by atoms with Crippen LogP contribution in [-0.4, -0.2) is 48.0 Å². The van der Waals surface area contributed by atoms with Crippen LogP contribution in [0.5, 0.6) is 0 Å². The second kappa shape index (κ2) is 17.7. The molecule has 0 amide bonds. The maximum absolute atomic E-state index is 10.8. The Balaban J connectivity index is 0.000000124. The highest BCUT2D eigenvalue weighted by Gasteiger charge is 2.26. The smallest absolute Gasteiger partial charge is 0.264 e. The van der Waals surface area contributed by atoms with Crippen molar-refractivity contribution in [1.82, 2.24) is 39.5 Å². The van der Waals surface area contributed by atoms with Crippen molar-refractivity contribution in [3.05, 3.63) is 92.6 Å². The highest BCUT2D eigenvalue weighted by molar-refractivity contribution is 14.1. The Morgan fingerprint density at radius 3 is 1.77 bits per heavy atom. The van der Waals surface area contributed by atoms with Crippen LogP contribution in [0, 0.1) is 13.1 Å². The van der Waals surface area contributed by atoms with E-state index in [1.807, 2.05) is 30.4 Å². The fraction of sp³-hybridized carbons (Fsp3) is 0.438. The highest BCUT2D eigenvalue weighted by atomic mass is 127. The van der Waals surface area contributed by atoms with Gasteiger partial charge in [-0.15, -0.1) is 11.8 Å². The van der Waals surface area contributed by atoms with E-state index in [1.165, 1.54) is 64.9 Å². The number of benzene rings is 1. The number of nitrogens with zero attached hydrogens (tertiary/aromatic N) is 7. The standard InChI is InChI=1S/C13H14N2S.C6H7ClN2O2S.C6H7IN2.C4H8.C3H3IN2/c1-2-4-11(5-3-1)10-16-13-8-14-15(9-13)12-6-7-12;7-12(10,11)6-3-8-9(4-6)5-1-2-5;7-5-3-8-9(4-5)6-1-2-6;1-4-2-3-4;4-3-1-5-6-2-3/h1-5,8-9,12H,6-7,10H2;3-5H,1-2H2;3-4,6H,1-2H2;4H,2-3H2,1H3;1-2H,(H,5,6). The van der Waals surface area contributed by atoms with Crippen molar-refractivity contribution in [3.63, 3.8) is 0 Å². The summed E-state index contributed by atoms with van der Waals surface area (Å²) in [6, 6.07) is 12.4. The number of hydrogen-bond donors (Lipinski definition) is 1. The SMILES string of the molecule is CC1CC1.Ic1cn[nH]c1.Ic1cnn(C2CC2)c1.O=S(=O)(Cl)c1cnn(C2CC2)c1.c1ccc(CSc2cnn(C3CC3)c2)cc1. The Morgan fingerprint density at radius 2 is 1.34 bits per heavy atom. The number of aromatic nitrogens is 8. The molecule has 5 aromatic rings. The molecule has 0 aliphatic heterocycles. The predicted octanol–water partition coefficient (Wildman–Crippen LogP) is 8.91. The number of rotatable bonds is 7. The summed E-state index contributed by atoms with van der Waals surface area (Å²) in [6.07, 6.45) is 24.8. The number of H-pyrrole nitrogens is 1. The van der Waals surface area contributed by atoms with Crippen LogP contribution in [0.2, 0.25) is 0 Å². The summed E-state index contributed by atoms with van der Waals surface area (Å²) in [7, 11) is 1.52. The van der Waals surface area contributed by atoms with Crippen molar-refractivity contribution in [3.8, 4) is 0 Å². The van der Waals surface area contributed by atoms with Gasteiger partial charge in [0.2, 0.25) is 0 Å². The average molecular weight is 921 g/mol. The summed E-state index contributed by atoms with van der Waals surface area (Å²) in [6.45, 7) is 2.28. The number of nitrogens with one attached hydrogen (secondary N) is 1. The van der Waals surface area contributed by atoms with Crippen LogP contribution in [0.4, 0.5) is 0 Å². The largest absolute Gasteiger partial charge is 0.285 e. The molecule has 15 heteroatoms. The average Bonchev–Trinajstić information content (AvgIpc) is 3.99. The van der Waals surface area contributed by atoms with Gasteiger partial charge in [-0.05, 0) is 95.2 Å². The van der Waals surface area contributed by atoms with E-state index in [9.17, 15) is 8.42 Å². The van der Waals surface area contributed by atoms with Gasteiger partial charge in [0.15, 0.2) is 0 Å². The van der Waals surface area contributed by atoms with Crippen LogP contribution in [0.3, 0.4) is 0 Å². The van der Waals surface area contributed by atoms with Crippen LogP contribution in [-0.2, 0) is 14.8 Å². The number of aromatic amines is 1. The van der Waals surface area contributed by atoms with Crippen LogP contribution >= 0.6 is 67.6 Å². The molecule has 47 heavy (non-hydrogen) atoms. The van der Waals surface area contributed by atoms with Gasteiger partial charge < -0.3 is 0 Å². The molecule has 4 aromatic heterocycles. The molecule has 0 unspecified atom stereocenters. The molecule has 0 saturated heterocycles. The zero-order chi connectivity index (χ0) is 33.2. The summed E-state index contributed by atoms with van der Waals surface area (Å²) >= 11 is 6.32. The molecule has 0 spiro atoms. The quantitative estimate of drug-likeness (QED) is 0.0986. The van der Waals surface area contributed by atoms with E-state index >= 15 is 0 Å². The fourth-order valence-electron chi connectivity index (χ4n) is 3.92. The lowest BCUT2D eigenvalue weighted by Crippen LogP contribution is -1.92. The van der Waals surface area contributed by atoms with E-state index in [-0.39, 0.29) is 4.90 Å². The first kappa shape index (κ1) is 36.4. The van der Waals surface area contributed by atoms with Gasteiger partial charge in [-0.25, -0.2) is 8.42 Å². The van der Waals surface area contributed by atoms with Gasteiger partial charge in [0.25, 0.3) is 9.05 Å². The molecule has 4 aliphatic carbocycles.